The van der Waals surface area contributed by atoms with Crippen LogP contribution >= 0.6 is 0 Å². The first kappa shape index (κ1) is 17.7. The van der Waals surface area contributed by atoms with Gasteiger partial charge in [0.15, 0.2) is 0 Å². The Labute approximate surface area is 137 Å². The molecule has 1 heterocycles. The molecule has 0 aliphatic carbocycles. The maximum atomic E-state index is 13.7. The van der Waals surface area contributed by atoms with E-state index in [0.29, 0.717) is 0 Å². The van der Waals surface area contributed by atoms with E-state index < -0.39 is 23.6 Å². The van der Waals surface area contributed by atoms with Crippen molar-refractivity contribution in [2.24, 2.45) is 0 Å². The Kier molecular flexibility index (Phi) is 5.75. The van der Waals surface area contributed by atoms with Crippen LogP contribution in [0.25, 0.3) is 0 Å². The number of rotatable bonds is 6. The maximum Gasteiger partial charge on any atom is 0.272 e. The van der Waals surface area contributed by atoms with Crippen molar-refractivity contribution >= 4 is 5.91 Å². The Morgan fingerprint density at radius 1 is 1.33 bits per heavy atom. The summed E-state index contributed by atoms with van der Waals surface area (Å²) in [6, 6.07) is 4.74. The van der Waals surface area contributed by atoms with Crippen molar-refractivity contribution in [2.75, 3.05) is 13.7 Å². The Morgan fingerprint density at radius 2 is 2.08 bits per heavy atom. The van der Waals surface area contributed by atoms with Gasteiger partial charge in [0, 0.05) is 18.7 Å². The van der Waals surface area contributed by atoms with E-state index in [0.717, 1.165) is 22.9 Å². The van der Waals surface area contributed by atoms with Gasteiger partial charge in [-0.25, -0.2) is 13.5 Å². The van der Waals surface area contributed by atoms with E-state index in [1.54, 1.807) is 0 Å². The highest BCUT2D eigenvalue weighted by atomic mass is 19.1. The lowest BCUT2D eigenvalue weighted by Gasteiger charge is -2.15. The molecule has 0 fully saturated rings. The molecule has 0 aliphatic rings. The summed E-state index contributed by atoms with van der Waals surface area (Å²) in [5, 5.41) is 6.47. The van der Waals surface area contributed by atoms with Crippen LogP contribution in [0, 0.1) is 11.6 Å². The van der Waals surface area contributed by atoms with E-state index in [1.165, 1.54) is 26.2 Å². The van der Waals surface area contributed by atoms with Gasteiger partial charge in [-0.05, 0) is 31.2 Å². The molecule has 1 N–H and O–H groups in total. The van der Waals surface area contributed by atoms with Crippen LogP contribution in [0.3, 0.4) is 0 Å². The molecule has 1 aromatic heterocycles. The Hall–Kier alpha value is -2.61. The van der Waals surface area contributed by atoms with Crippen LogP contribution in [-0.4, -0.2) is 29.4 Å². The van der Waals surface area contributed by atoms with Crippen molar-refractivity contribution in [3.8, 4) is 0 Å². The number of aromatic nitrogens is 2. The second kappa shape index (κ2) is 7.78. The van der Waals surface area contributed by atoms with E-state index in [1.807, 2.05) is 0 Å². The monoisotopic (exact) mass is 337 g/mol. The molecule has 24 heavy (non-hydrogen) atoms. The third kappa shape index (κ3) is 4.23. The third-order valence-electron chi connectivity index (χ3n) is 3.38. The van der Waals surface area contributed by atoms with Gasteiger partial charge in [-0.15, -0.1) is 0 Å². The molecule has 0 bridgehead atoms. The van der Waals surface area contributed by atoms with Crippen molar-refractivity contribution < 1.29 is 18.3 Å². The predicted molar refractivity (Wildman–Crippen MR) is 82.6 cm³/mol. The molecule has 6 nitrogen and oxygen atoms in total. The van der Waals surface area contributed by atoms with Crippen LogP contribution in [0.4, 0.5) is 8.78 Å². The molecule has 1 atom stereocenters. The van der Waals surface area contributed by atoms with Gasteiger partial charge in [0.25, 0.3) is 11.5 Å². The molecular formula is C16H17F2N3O3. The van der Waals surface area contributed by atoms with Crippen molar-refractivity contribution in [3.05, 3.63) is 63.6 Å². The topological polar surface area (TPSA) is 73.2 Å². The number of carbonyl (C=O) groups excluding carboxylic acids is 1. The predicted octanol–water partition coefficient (Wildman–Crippen LogP) is 1.66. The van der Waals surface area contributed by atoms with Gasteiger partial charge in [-0.3, -0.25) is 9.59 Å². The summed E-state index contributed by atoms with van der Waals surface area (Å²) < 4.78 is 33.0. The first-order valence-electron chi connectivity index (χ1n) is 7.25. The van der Waals surface area contributed by atoms with E-state index in [2.05, 4.69) is 10.4 Å². The lowest BCUT2D eigenvalue weighted by Crippen LogP contribution is -2.32. The first-order chi connectivity index (χ1) is 11.4. The summed E-state index contributed by atoms with van der Waals surface area (Å²) >= 11 is 0. The fourth-order valence-electron chi connectivity index (χ4n) is 2.10. The highest BCUT2D eigenvalue weighted by Crippen LogP contribution is 2.18. The number of ether oxygens (including phenoxy) is 1. The smallest absolute Gasteiger partial charge is 0.272 e. The number of halogens is 2. The first-order valence-corrected chi connectivity index (χ1v) is 7.25. The van der Waals surface area contributed by atoms with E-state index >= 15 is 0 Å². The zero-order valence-corrected chi connectivity index (χ0v) is 13.3. The molecule has 1 aromatic carbocycles. The van der Waals surface area contributed by atoms with Gasteiger partial charge in [0.2, 0.25) is 0 Å². The van der Waals surface area contributed by atoms with Crippen LogP contribution in [-0.2, 0) is 11.3 Å². The van der Waals surface area contributed by atoms with Crippen LogP contribution in [0.1, 0.15) is 29.0 Å². The molecule has 0 aliphatic heterocycles. The average Bonchev–Trinajstić information content (AvgIpc) is 2.56. The SMILES string of the molecule is COCCn1nc(C(=O)NC(C)c2cc(F)ccc2F)ccc1=O. The number of hydrogen-bond acceptors (Lipinski definition) is 4. The van der Waals surface area contributed by atoms with Gasteiger partial charge < -0.3 is 10.1 Å². The molecule has 8 heteroatoms. The van der Waals surface area contributed by atoms with Crippen molar-refractivity contribution in [1.29, 1.82) is 0 Å². The summed E-state index contributed by atoms with van der Waals surface area (Å²) in [5.74, 6) is -1.82. The standard InChI is InChI=1S/C16H17F2N3O3/c1-10(12-9-11(17)3-4-13(12)18)19-16(23)14-5-6-15(22)21(20-14)7-8-24-2/h3-6,9-10H,7-8H2,1-2H3,(H,19,23). The van der Waals surface area contributed by atoms with Gasteiger partial charge in [-0.1, -0.05) is 0 Å². The normalized spacial score (nSPS) is 12.0. The van der Waals surface area contributed by atoms with Crippen LogP contribution in [0.2, 0.25) is 0 Å². The Morgan fingerprint density at radius 3 is 2.79 bits per heavy atom. The molecule has 2 rings (SSSR count). The molecule has 128 valence electrons. The Bertz CT molecular complexity index is 792. The highest BCUT2D eigenvalue weighted by molar-refractivity contribution is 5.92. The number of carbonyl (C=O) groups is 1. The van der Waals surface area contributed by atoms with Crippen LogP contribution in [0.15, 0.2) is 35.1 Å². The van der Waals surface area contributed by atoms with Crippen LogP contribution < -0.4 is 10.9 Å². The Balaban J connectivity index is 2.17. The molecular weight excluding hydrogens is 320 g/mol. The van der Waals surface area contributed by atoms with Crippen molar-refractivity contribution in [3.63, 3.8) is 0 Å². The molecule has 0 spiro atoms. The summed E-state index contributed by atoms with van der Waals surface area (Å²) in [6.45, 7) is 1.99. The number of hydrogen-bond donors (Lipinski definition) is 1. The number of nitrogens with zero attached hydrogens (tertiary/aromatic N) is 2. The largest absolute Gasteiger partial charge is 0.383 e. The van der Waals surface area contributed by atoms with Gasteiger partial charge >= 0.3 is 0 Å². The molecule has 0 saturated carbocycles. The summed E-state index contributed by atoms with van der Waals surface area (Å²) in [4.78, 5) is 23.9. The fraction of sp³-hybridized carbons (Fsp3) is 0.312. The maximum absolute atomic E-state index is 13.7. The zero-order chi connectivity index (χ0) is 17.7. The number of nitrogens with one attached hydrogen (secondary N) is 1. The molecule has 1 unspecified atom stereocenters. The van der Waals surface area contributed by atoms with Crippen LogP contribution in [0.5, 0.6) is 0 Å². The average molecular weight is 337 g/mol. The summed E-state index contributed by atoms with van der Waals surface area (Å²) in [5.41, 5.74) is -0.349. The minimum absolute atomic E-state index is 0.00522. The van der Waals surface area contributed by atoms with Crippen molar-refractivity contribution in [2.45, 2.75) is 19.5 Å². The number of methoxy groups -OCH3 is 1. The lowest BCUT2D eigenvalue weighted by atomic mass is 10.1. The van der Waals surface area contributed by atoms with Gasteiger partial charge in [0.05, 0.1) is 19.2 Å². The molecule has 0 radical (unpaired) electrons. The zero-order valence-electron chi connectivity index (χ0n) is 13.3. The minimum Gasteiger partial charge on any atom is -0.383 e. The fourth-order valence-corrected chi connectivity index (χ4v) is 2.10. The van der Waals surface area contributed by atoms with Crippen molar-refractivity contribution in [1.82, 2.24) is 15.1 Å². The number of amides is 1. The quantitative estimate of drug-likeness (QED) is 0.870. The van der Waals surface area contributed by atoms with E-state index in [-0.39, 0.29) is 30.0 Å². The second-order valence-corrected chi connectivity index (χ2v) is 5.13. The molecule has 2 aromatic rings. The molecule has 1 amide bonds. The molecule has 0 saturated heterocycles. The summed E-state index contributed by atoms with van der Waals surface area (Å²) in [7, 11) is 1.48. The highest BCUT2D eigenvalue weighted by Gasteiger charge is 2.17. The van der Waals surface area contributed by atoms with E-state index in [4.69, 9.17) is 4.74 Å². The summed E-state index contributed by atoms with van der Waals surface area (Å²) in [6.07, 6.45) is 0. The second-order valence-electron chi connectivity index (χ2n) is 5.13. The third-order valence-corrected chi connectivity index (χ3v) is 3.38. The lowest BCUT2D eigenvalue weighted by molar-refractivity contribution is 0.0930. The van der Waals surface area contributed by atoms with Gasteiger partial charge in [-0.2, -0.15) is 5.10 Å². The number of benzene rings is 1. The minimum atomic E-state index is -0.769. The van der Waals surface area contributed by atoms with E-state index in [9.17, 15) is 18.4 Å². The van der Waals surface area contributed by atoms with Gasteiger partial charge in [0.1, 0.15) is 17.3 Å².